The number of aromatic hydroxyl groups is 1. The molecule has 0 atom stereocenters. The van der Waals surface area contributed by atoms with Gasteiger partial charge >= 0.3 is 0 Å². The second-order valence-electron chi connectivity index (χ2n) is 4.03. The molecule has 2 aromatic rings. The number of nitrogens with zero attached hydrogens (tertiary/aromatic N) is 4. The first-order chi connectivity index (χ1) is 8.34. The average Bonchev–Trinajstić information content (AvgIpc) is 3.08. The number of phenolic OH excluding ortho intramolecular Hbond substituents is 1. The highest BCUT2D eigenvalue weighted by Gasteiger charge is 2.27. The number of aromatic nitrogens is 4. The van der Waals surface area contributed by atoms with E-state index in [-0.39, 0.29) is 0 Å². The van der Waals surface area contributed by atoms with Gasteiger partial charge in [-0.15, -0.1) is 16.9 Å². The predicted octanol–water partition coefficient (Wildman–Crippen LogP) is 2.01. The zero-order valence-corrected chi connectivity index (χ0v) is 9.97. The van der Waals surface area contributed by atoms with Crippen LogP contribution in [0.4, 0.5) is 0 Å². The molecule has 0 radical (unpaired) electrons. The molecule has 1 fully saturated rings. The van der Waals surface area contributed by atoms with Gasteiger partial charge < -0.3 is 5.11 Å². The van der Waals surface area contributed by atoms with Gasteiger partial charge in [-0.05, 0) is 35.4 Å². The molecular weight excluding hydrogens is 236 g/mol. The highest BCUT2D eigenvalue weighted by atomic mass is 32.2. The van der Waals surface area contributed by atoms with E-state index in [0.29, 0.717) is 17.5 Å². The number of benzene rings is 1. The van der Waals surface area contributed by atoms with Crippen LogP contribution in [0.25, 0.3) is 0 Å². The van der Waals surface area contributed by atoms with Crippen LogP contribution < -0.4 is 0 Å². The van der Waals surface area contributed by atoms with E-state index in [0.717, 1.165) is 10.7 Å². The summed E-state index contributed by atoms with van der Waals surface area (Å²) in [6.07, 6.45) is 2.33. The van der Waals surface area contributed by atoms with Gasteiger partial charge in [-0.3, -0.25) is 0 Å². The highest BCUT2D eigenvalue weighted by Crippen LogP contribution is 2.36. The third-order valence-electron chi connectivity index (χ3n) is 2.68. The van der Waals surface area contributed by atoms with Crippen molar-refractivity contribution in [1.82, 2.24) is 20.2 Å². The Hall–Kier alpha value is -1.56. The van der Waals surface area contributed by atoms with Gasteiger partial charge in [-0.2, -0.15) is 0 Å². The quantitative estimate of drug-likeness (QED) is 0.838. The second kappa shape index (κ2) is 4.37. The number of phenols is 1. The Labute approximate surface area is 103 Å². The first-order valence-corrected chi connectivity index (χ1v) is 6.50. The monoisotopic (exact) mass is 248 g/mol. The summed E-state index contributed by atoms with van der Waals surface area (Å²) in [5.41, 5.74) is 0. The van der Waals surface area contributed by atoms with Gasteiger partial charge in [-0.25, -0.2) is 4.68 Å². The molecule has 1 N–H and O–H groups in total. The summed E-state index contributed by atoms with van der Waals surface area (Å²) in [5.74, 6) is 1.87. The number of para-hydroxylation sites is 1. The minimum atomic E-state index is 0.308. The van der Waals surface area contributed by atoms with E-state index in [1.807, 2.05) is 22.9 Å². The molecule has 1 saturated carbocycles. The molecule has 1 aliphatic carbocycles. The zero-order valence-electron chi connectivity index (χ0n) is 9.15. The molecule has 0 spiro atoms. The molecule has 1 heterocycles. The third kappa shape index (κ3) is 2.26. The zero-order chi connectivity index (χ0) is 11.7. The van der Waals surface area contributed by atoms with Gasteiger partial charge in [0, 0.05) is 4.90 Å². The fourth-order valence-electron chi connectivity index (χ4n) is 1.63. The molecule has 5 nitrogen and oxygen atoms in total. The Bertz CT molecular complexity index is 524. The van der Waals surface area contributed by atoms with Crippen LogP contribution in [0.5, 0.6) is 5.75 Å². The van der Waals surface area contributed by atoms with Crippen molar-refractivity contribution in [2.24, 2.45) is 0 Å². The van der Waals surface area contributed by atoms with E-state index in [4.69, 9.17) is 0 Å². The largest absolute Gasteiger partial charge is 0.507 e. The van der Waals surface area contributed by atoms with E-state index < -0.39 is 0 Å². The van der Waals surface area contributed by atoms with Gasteiger partial charge in [0.05, 0.1) is 11.8 Å². The van der Waals surface area contributed by atoms with Crippen molar-refractivity contribution >= 4 is 11.8 Å². The van der Waals surface area contributed by atoms with Crippen molar-refractivity contribution in [3.05, 3.63) is 30.1 Å². The Morgan fingerprint density at radius 3 is 2.94 bits per heavy atom. The average molecular weight is 248 g/mol. The predicted molar refractivity (Wildman–Crippen MR) is 63.8 cm³/mol. The summed E-state index contributed by atoms with van der Waals surface area (Å²) in [6, 6.07) is 7.79. The summed E-state index contributed by atoms with van der Waals surface area (Å²) in [4.78, 5) is 0.859. The first kappa shape index (κ1) is 10.6. The van der Waals surface area contributed by atoms with Gasteiger partial charge in [0.25, 0.3) is 0 Å². The summed E-state index contributed by atoms with van der Waals surface area (Å²) >= 11 is 1.55. The maximum atomic E-state index is 9.65. The van der Waals surface area contributed by atoms with Crippen LogP contribution in [-0.2, 0) is 5.75 Å². The van der Waals surface area contributed by atoms with Gasteiger partial charge in [0.15, 0.2) is 5.82 Å². The Kier molecular flexibility index (Phi) is 2.72. The number of thioether (sulfide) groups is 1. The van der Waals surface area contributed by atoms with Crippen molar-refractivity contribution in [2.75, 3.05) is 0 Å². The van der Waals surface area contributed by atoms with Crippen molar-refractivity contribution in [2.45, 2.75) is 29.5 Å². The molecule has 0 saturated heterocycles. The van der Waals surface area contributed by atoms with Gasteiger partial charge in [0.2, 0.25) is 0 Å². The summed E-state index contributed by atoms with van der Waals surface area (Å²) < 4.78 is 1.90. The van der Waals surface area contributed by atoms with Crippen molar-refractivity contribution < 1.29 is 5.11 Å². The number of tetrazole rings is 1. The van der Waals surface area contributed by atoms with Crippen LogP contribution in [0.15, 0.2) is 29.2 Å². The summed E-state index contributed by atoms with van der Waals surface area (Å²) in [5, 5.41) is 21.4. The smallest absolute Gasteiger partial charge is 0.161 e. The molecule has 0 unspecified atom stereocenters. The summed E-state index contributed by atoms with van der Waals surface area (Å²) in [7, 11) is 0. The fraction of sp³-hybridized carbons (Fsp3) is 0.364. The van der Waals surface area contributed by atoms with Crippen LogP contribution in [-0.4, -0.2) is 25.3 Å². The highest BCUT2D eigenvalue weighted by molar-refractivity contribution is 7.98. The molecule has 0 bridgehead atoms. The van der Waals surface area contributed by atoms with E-state index >= 15 is 0 Å². The van der Waals surface area contributed by atoms with Gasteiger partial charge in [-0.1, -0.05) is 12.1 Å². The maximum absolute atomic E-state index is 9.65. The van der Waals surface area contributed by atoms with Gasteiger partial charge in [0.1, 0.15) is 5.75 Å². The van der Waals surface area contributed by atoms with E-state index in [1.165, 1.54) is 12.8 Å². The Morgan fingerprint density at radius 1 is 1.35 bits per heavy atom. The number of rotatable bonds is 4. The number of hydrogen-bond donors (Lipinski definition) is 1. The lowest BCUT2D eigenvalue weighted by Crippen LogP contribution is -2.02. The molecule has 1 aromatic carbocycles. The lowest BCUT2D eigenvalue weighted by molar-refractivity contribution is 0.462. The van der Waals surface area contributed by atoms with Crippen molar-refractivity contribution in [3.63, 3.8) is 0 Å². The minimum Gasteiger partial charge on any atom is -0.507 e. The molecule has 6 heteroatoms. The minimum absolute atomic E-state index is 0.308. The van der Waals surface area contributed by atoms with Crippen LogP contribution in [0.3, 0.4) is 0 Å². The molecule has 17 heavy (non-hydrogen) atoms. The maximum Gasteiger partial charge on any atom is 0.161 e. The van der Waals surface area contributed by atoms with Crippen LogP contribution in [0.2, 0.25) is 0 Å². The van der Waals surface area contributed by atoms with Crippen LogP contribution in [0.1, 0.15) is 24.7 Å². The number of hydrogen-bond acceptors (Lipinski definition) is 5. The first-order valence-electron chi connectivity index (χ1n) is 5.52. The molecular formula is C11H12N4OS. The normalized spacial score (nSPS) is 15.1. The third-order valence-corrected chi connectivity index (χ3v) is 3.73. The molecule has 88 valence electrons. The summed E-state index contributed by atoms with van der Waals surface area (Å²) in [6.45, 7) is 0. The molecule has 0 aliphatic heterocycles. The molecule has 1 aromatic heterocycles. The Morgan fingerprint density at radius 2 is 2.18 bits per heavy atom. The molecule has 3 rings (SSSR count). The second-order valence-corrected chi connectivity index (χ2v) is 5.04. The van der Waals surface area contributed by atoms with Crippen molar-refractivity contribution in [1.29, 1.82) is 0 Å². The lowest BCUT2D eigenvalue weighted by Gasteiger charge is -2.04. The SMILES string of the molecule is Oc1ccccc1SCc1nnnn1C1CC1. The fourth-order valence-corrected chi connectivity index (χ4v) is 2.50. The standard InChI is InChI=1S/C11H12N4OS/c16-9-3-1-2-4-10(9)17-7-11-12-13-14-15(11)8-5-6-8/h1-4,8,16H,5-7H2. The van der Waals surface area contributed by atoms with Crippen LogP contribution in [0, 0.1) is 0 Å². The van der Waals surface area contributed by atoms with E-state index in [2.05, 4.69) is 15.5 Å². The van der Waals surface area contributed by atoms with E-state index in [9.17, 15) is 5.11 Å². The molecule has 1 aliphatic rings. The lowest BCUT2D eigenvalue weighted by atomic mass is 10.3. The topological polar surface area (TPSA) is 63.8 Å². The van der Waals surface area contributed by atoms with Crippen LogP contribution >= 0.6 is 11.8 Å². The van der Waals surface area contributed by atoms with E-state index in [1.54, 1.807) is 17.8 Å². The molecule has 0 amide bonds. The Balaban J connectivity index is 1.71. The van der Waals surface area contributed by atoms with Crippen molar-refractivity contribution in [3.8, 4) is 5.75 Å².